The molecule has 2 aromatic rings. The van der Waals surface area contributed by atoms with Crippen molar-refractivity contribution in [3.63, 3.8) is 0 Å². The van der Waals surface area contributed by atoms with Crippen LogP contribution in [-0.2, 0) is 16.8 Å². The molecule has 7 heteroatoms. The Hall–Kier alpha value is -2.44. The number of ether oxygens (including phenoxy) is 1. The molecule has 116 valence electrons. The van der Waals surface area contributed by atoms with E-state index in [4.69, 9.17) is 4.74 Å². The summed E-state index contributed by atoms with van der Waals surface area (Å²) in [6.45, 7) is 4.47. The van der Waals surface area contributed by atoms with Crippen LogP contribution in [0, 0.1) is 5.41 Å². The van der Waals surface area contributed by atoms with Crippen molar-refractivity contribution in [3.8, 4) is 5.75 Å². The molecule has 1 saturated carbocycles. The molecule has 1 heterocycles. The number of benzene rings is 1. The third-order valence-electron chi connectivity index (χ3n) is 4.50. The molecule has 0 saturated heterocycles. The smallest absolute Gasteiger partial charge is 0.231 e. The van der Waals surface area contributed by atoms with Crippen molar-refractivity contribution >= 4 is 5.91 Å². The van der Waals surface area contributed by atoms with E-state index in [1.54, 1.807) is 7.11 Å². The molecule has 22 heavy (non-hydrogen) atoms. The summed E-state index contributed by atoms with van der Waals surface area (Å²) >= 11 is 0. The van der Waals surface area contributed by atoms with E-state index in [1.165, 1.54) is 0 Å². The van der Waals surface area contributed by atoms with Gasteiger partial charge in [0, 0.05) is 0 Å². The summed E-state index contributed by atoms with van der Waals surface area (Å²) in [7, 11) is 1.63. The van der Waals surface area contributed by atoms with Gasteiger partial charge in [0.15, 0.2) is 5.82 Å². The van der Waals surface area contributed by atoms with Gasteiger partial charge in [-0.25, -0.2) is 0 Å². The predicted molar refractivity (Wildman–Crippen MR) is 79.1 cm³/mol. The van der Waals surface area contributed by atoms with Gasteiger partial charge in [-0.1, -0.05) is 31.2 Å². The van der Waals surface area contributed by atoms with E-state index in [9.17, 15) is 4.79 Å². The summed E-state index contributed by atoms with van der Waals surface area (Å²) in [4.78, 5) is 12.8. The molecule has 0 bridgehead atoms. The van der Waals surface area contributed by atoms with E-state index >= 15 is 0 Å². The zero-order valence-corrected chi connectivity index (χ0v) is 12.9. The second-order valence-electron chi connectivity index (χ2n) is 6.21. The van der Waals surface area contributed by atoms with Crippen LogP contribution in [0.1, 0.15) is 31.7 Å². The number of amides is 1. The Bertz CT molecular complexity index is 666. The van der Waals surface area contributed by atoms with Gasteiger partial charge >= 0.3 is 0 Å². The molecule has 1 aromatic heterocycles. The molecular formula is C15H19N5O2. The van der Waals surface area contributed by atoms with Gasteiger partial charge in [0.25, 0.3) is 0 Å². The van der Waals surface area contributed by atoms with E-state index in [2.05, 4.69) is 39.8 Å². The van der Waals surface area contributed by atoms with E-state index < -0.39 is 5.41 Å². The van der Waals surface area contributed by atoms with E-state index in [0.29, 0.717) is 5.82 Å². The topological polar surface area (TPSA) is 92.8 Å². The molecular weight excluding hydrogens is 282 g/mol. The van der Waals surface area contributed by atoms with Crippen LogP contribution < -0.4 is 10.1 Å². The third-order valence-corrected chi connectivity index (χ3v) is 4.50. The van der Waals surface area contributed by atoms with Crippen molar-refractivity contribution in [2.45, 2.75) is 32.2 Å². The first-order valence-corrected chi connectivity index (χ1v) is 7.15. The molecule has 1 aliphatic carbocycles. The molecule has 0 radical (unpaired) electrons. The Kier molecular flexibility index (Phi) is 3.35. The Morgan fingerprint density at radius 1 is 1.36 bits per heavy atom. The fourth-order valence-corrected chi connectivity index (χ4v) is 3.07. The van der Waals surface area contributed by atoms with E-state index in [-0.39, 0.29) is 17.9 Å². The normalized spacial score (nSPS) is 22.1. The number of rotatable bonds is 5. The minimum atomic E-state index is -0.511. The standard InChI is InChI=1S/C15H19N5O2/c1-14(2)9-15(14,10-4-6-11(22-3)7-5-10)13(21)16-8-12-17-19-20-18-12/h4-7H,8-9H2,1-3H3,(H,16,21)(H,17,18,19,20). The van der Waals surface area contributed by atoms with Gasteiger partial charge in [0.05, 0.1) is 19.1 Å². The molecule has 3 rings (SSSR count). The van der Waals surface area contributed by atoms with Crippen LogP contribution in [0.25, 0.3) is 0 Å². The summed E-state index contributed by atoms with van der Waals surface area (Å²) in [5, 5.41) is 16.5. The summed E-state index contributed by atoms with van der Waals surface area (Å²) in [5.74, 6) is 1.24. The molecule has 1 unspecified atom stereocenters. The summed E-state index contributed by atoms with van der Waals surface area (Å²) in [5.41, 5.74) is 0.412. The van der Waals surface area contributed by atoms with Gasteiger partial charge in [-0.15, -0.1) is 10.2 Å². The van der Waals surface area contributed by atoms with Crippen LogP contribution in [0.4, 0.5) is 0 Å². The van der Waals surface area contributed by atoms with Crippen molar-refractivity contribution in [2.24, 2.45) is 5.41 Å². The lowest BCUT2D eigenvalue weighted by Gasteiger charge is -2.20. The van der Waals surface area contributed by atoms with E-state index in [1.807, 2.05) is 24.3 Å². The quantitative estimate of drug-likeness (QED) is 0.865. The summed E-state index contributed by atoms with van der Waals surface area (Å²) in [6, 6.07) is 7.69. The fraction of sp³-hybridized carbons (Fsp3) is 0.467. The first-order chi connectivity index (χ1) is 10.5. The highest BCUT2D eigenvalue weighted by molar-refractivity contribution is 5.93. The van der Waals surface area contributed by atoms with Crippen LogP contribution in [-0.4, -0.2) is 33.6 Å². The summed E-state index contributed by atoms with van der Waals surface area (Å²) < 4.78 is 5.18. The molecule has 0 aliphatic heterocycles. The first-order valence-electron chi connectivity index (χ1n) is 7.15. The number of carbonyl (C=O) groups excluding carboxylic acids is 1. The highest BCUT2D eigenvalue weighted by Gasteiger charge is 2.66. The Balaban J connectivity index is 1.81. The van der Waals surface area contributed by atoms with Crippen LogP contribution >= 0.6 is 0 Å². The largest absolute Gasteiger partial charge is 0.497 e. The maximum absolute atomic E-state index is 12.8. The number of hydrogen-bond donors (Lipinski definition) is 2. The van der Waals surface area contributed by atoms with Gasteiger partial charge in [-0.05, 0) is 29.5 Å². The lowest BCUT2D eigenvalue weighted by atomic mass is 9.87. The van der Waals surface area contributed by atoms with Crippen molar-refractivity contribution < 1.29 is 9.53 Å². The monoisotopic (exact) mass is 301 g/mol. The molecule has 1 aliphatic rings. The van der Waals surface area contributed by atoms with Crippen molar-refractivity contribution in [1.82, 2.24) is 25.9 Å². The molecule has 0 spiro atoms. The average Bonchev–Trinajstić information content (AvgIpc) is 2.90. The van der Waals surface area contributed by atoms with Gasteiger partial charge in [0.1, 0.15) is 5.75 Å². The number of tetrazole rings is 1. The number of carbonyl (C=O) groups is 1. The second-order valence-corrected chi connectivity index (χ2v) is 6.21. The number of methoxy groups -OCH3 is 1. The summed E-state index contributed by atoms with van der Waals surface area (Å²) in [6.07, 6.45) is 0.810. The third kappa shape index (κ3) is 2.22. The Labute approximate surface area is 128 Å². The van der Waals surface area contributed by atoms with E-state index in [0.717, 1.165) is 17.7 Å². The van der Waals surface area contributed by atoms with Crippen LogP contribution in [0.2, 0.25) is 0 Å². The lowest BCUT2D eigenvalue weighted by Crippen LogP contribution is -2.37. The molecule has 1 amide bonds. The van der Waals surface area contributed by atoms with Crippen LogP contribution in [0.3, 0.4) is 0 Å². The van der Waals surface area contributed by atoms with Crippen LogP contribution in [0.15, 0.2) is 24.3 Å². The predicted octanol–water partition coefficient (Wildman–Crippen LogP) is 1.19. The minimum absolute atomic E-state index is 0.00698. The number of nitrogens with zero attached hydrogens (tertiary/aromatic N) is 3. The second kappa shape index (κ2) is 5.08. The molecule has 7 nitrogen and oxygen atoms in total. The van der Waals surface area contributed by atoms with Crippen molar-refractivity contribution in [1.29, 1.82) is 0 Å². The Morgan fingerprint density at radius 2 is 2.05 bits per heavy atom. The van der Waals surface area contributed by atoms with Crippen molar-refractivity contribution in [3.05, 3.63) is 35.7 Å². The van der Waals surface area contributed by atoms with Crippen LogP contribution in [0.5, 0.6) is 5.75 Å². The minimum Gasteiger partial charge on any atom is -0.497 e. The molecule has 1 fully saturated rings. The number of nitrogens with one attached hydrogen (secondary N) is 2. The van der Waals surface area contributed by atoms with Gasteiger partial charge in [-0.3, -0.25) is 4.79 Å². The van der Waals surface area contributed by atoms with Gasteiger partial charge in [-0.2, -0.15) is 5.21 Å². The molecule has 2 N–H and O–H groups in total. The lowest BCUT2D eigenvalue weighted by molar-refractivity contribution is -0.124. The molecule has 1 aromatic carbocycles. The first kappa shape index (κ1) is 14.5. The number of aromatic nitrogens is 4. The molecule has 1 atom stereocenters. The fourth-order valence-electron chi connectivity index (χ4n) is 3.07. The Morgan fingerprint density at radius 3 is 2.55 bits per heavy atom. The van der Waals surface area contributed by atoms with Gasteiger partial charge in [0.2, 0.25) is 5.91 Å². The SMILES string of the molecule is COc1ccc(C2(C(=O)NCc3nn[nH]n3)CC2(C)C)cc1. The average molecular weight is 301 g/mol. The zero-order chi connectivity index (χ0) is 15.8. The number of hydrogen-bond acceptors (Lipinski definition) is 5. The highest BCUT2D eigenvalue weighted by atomic mass is 16.5. The zero-order valence-electron chi connectivity index (χ0n) is 12.9. The number of aromatic amines is 1. The maximum Gasteiger partial charge on any atom is 0.231 e. The number of H-pyrrole nitrogens is 1. The van der Waals surface area contributed by atoms with Gasteiger partial charge < -0.3 is 10.1 Å². The van der Waals surface area contributed by atoms with Crippen molar-refractivity contribution in [2.75, 3.05) is 7.11 Å². The highest BCUT2D eigenvalue weighted by Crippen LogP contribution is 2.64. The maximum atomic E-state index is 12.8.